The van der Waals surface area contributed by atoms with Gasteiger partial charge in [0.15, 0.2) is 5.01 Å². The van der Waals surface area contributed by atoms with Crippen LogP contribution in [0, 0.1) is 0 Å². The number of nitrogens with two attached hydrogens (primary N) is 1. The smallest absolute Gasteiger partial charge is 0.291 e. The number of nitrogens with zero attached hydrogens (tertiary/aromatic N) is 4. The average molecular weight is 575 g/mol. The summed E-state index contributed by atoms with van der Waals surface area (Å²) in [5.74, 6) is -0.975. The fourth-order valence-corrected chi connectivity index (χ4v) is 4.76. The second-order valence-electron chi connectivity index (χ2n) is 8.15. The highest BCUT2D eigenvalue weighted by molar-refractivity contribution is 7.14. The van der Waals surface area contributed by atoms with Gasteiger partial charge in [-0.1, -0.05) is 29.9 Å². The molecule has 3 heterocycles. The molecule has 0 saturated carbocycles. The molecule has 0 radical (unpaired) electrons. The molecule has 14 heteroatoms. The van der Waals surface area contributed by atoms with Crippen molar-refractivity contribution >= 4 is 40.4 Å². The van der Waals surface area contributed by atoms with Crippen LogP contribution in [0.5, 0.6) is 5.75 Å². The molecule has 4 aromatic rings. The number of anilines is 1. The fraction of sp³-hybridized carbons (Fsp3) is 0.200. The topological polar surface area (TPSA) is 142 Å². The van der Waals surface area contributed by atoms with Crippen LogP contribution < -0.4 is 21.3 Å². The first-order chi connectivity index (χ1) is 18.6. The number of hydrogen-bond donors (Lipinski definition) is 2. The van der Waals surface area contributed by atoms with Gasteiger partial charge < -0.3 is 15.8 Å². The molecule has 2 amide bonds. The fourth-order valence-electron chi connectivity index (χ4n) is 3.85. The number of carbonyl (C=O) groups excluding carboxylic acids is 2. The maximum absolute atomic E-state index is 13.3. The van der Waals surface area contributed by atoms with Crippen LogP contribution in [0.1, 0.15) is 41.3 Å². The largest absolute Gasteiger partial charge is 0.495 e. The van der Waals surface area contributed by atoms with Gasteiger partial charge in [-0.15, -0.1) is 10.2 Å². The first-order valence-electron chi connectivity index (χ1n) is 11.4. The number of hydrogen-bond acceptors (Lipinski definition) is 8. The van der Waals surface area contributed by atoms with E-state index in [9.17, 15) is 23.2 Å². The van der Waals surface area contributed by atoms with Gasteiger partial charge in [-0.2, -0.15) is 0 Å². The van der Waals surface area contributed by atoms with Crippen LogP contribution in [0.2, 0.25) is 5.02 Å². The predicted octanol–water partition coefficient (Wildman–Crippen LogP) is 4.72. The van der Waals surface area contributed by atoms with E-state index in [1.165, 1.54) is 42.3 Å². The highest BCUT2D eigenvalue weighted by Crippen LogP contribution is 2.40. The molecule has 1 atom stereocenters. The number of carbonyl (C=O) groups is 2. The molecule has 202 valence electrons. The Balaban J connectivity index is 1.73. The van der Waals surface area contributed by atoms with Gasteiger partial charge in [0.25, 0.3) is 17.9 Å². The van der Waals surface area contributed by atoms with Crippen LogP contribution >= 0.6 is 22.9 Å². The third-order valence-electron chi connectivity index (χ3n) is 5.70. The lowest BCUT2D eigenvalue weighted by Crippen LogP contribution is -2.32. The van der Waals surface area contributed by atoms with E-state index < -0.39 is 34.8 Å². The molecule has 0 spiro atoms. The summed E-state index contributed by atoms with van der Waals surface area (Å²) in [6, 6.07) is 7.92. The number of benzene rings is 1. The standard InChI is InChI=1S/C25H21ClF2N6O4S/c1-3-18(23(37)31-13-5-7-17(22(29)36)30-10-13)34-11-19(38-2)16(9-20(34)35)15-8-12(26)4-6-14(15)24-32-33-25(39-24)21(27)28/h4-11,18,21H,3H2,1-2H3,(H2,29,36)(H,31,37). The summed E-state index contributed by atoms with van der Waals surface area (Å²) in [5, 5.41) is 10.2. The number of nitrogens with one attached hydrogen (secondary N) is 1. The molecular formula is C25H21ClF2N6O4S. The number of primary amides is 1. The number of amides is 2. The first-order valence-corrected chi connectivity index (χ1v) is 12.6. The minimum Gasteiger partial charge on any atom is -0.495 e. The van der Waals surface area contributed by atoms with Crippen molar-refractivity contribution in [3.05, 3.63) is 74.9 Å². The molecule has 0 aliphatic heterocycles. The summed E-state index contributed by atoms with van der Waals surface area (Å²) >= 11 is 6.96. The van der Waals surface area contributed by atoms with E-state index in [1.54, 1.807) is 25.1 Å². The molecule has 0 aliphatic rings. The van der Waals surface area contributed by atoms with Gasteiger partial charge in [0, 0.05) is 22.2 Å². The van der Waals surface area contributed by atoms with Gasteiger partial charge >= 0.3 is 0 Å². The SMILES string of the molecule is CCC(C(=O)Nc1ccc(C(N)=O)nc1)n1cc(OC)c(-c2cc(Cl)ccc2-c2nnc(C(F)F)s2)cc1=O. The van der Waals surface area contributed by atoms with Gasteiger partial charge in [0.1, 0.15) is 22.5 Å². The highest BCUT2D eigenvalue weighted by atomic mass is 35.5. The number of halogens is 3. The Kier molecular flexibility index (Phi) is 8.31. The molecule has 3 aromatic heterocycles. The Labute approximate surface area is 229 Å². The van der Waals surface area contributed by atoms with Crippen molar-refractivity contribution in [3.8, 4) is 27.4 Å². The van der Waals surface area contributed by atoms with Crippen LogP contribution in [0.25, 0.3) is 21.7 Å². The van der Waals surface area contributed by atoms with E-state index in [2.05, 4.69) is 20.5 Å². The van der Waals surface area contributed by atoms with Gasteiger partial charge in [-0.05, 0) is 42.3 Å². The average Bonchev–Trinajstić information content (AvgIpc) is 3.40. The van der Waals surface area contributed by atoms with Gasteiger partial charge in [0.05, 0.1) is 25.2 Å². The van der Waals surface area contributed by atoms with E-state index in [4.69, 9.17) is 22.1 Å². The highest BCUT2D eigenvalue weighted by Gasteiger charge is 2.24. The molecule has 0 saturated heterocycles. The molecule has 0 bridgehead atoms. The summed E-state index contributed by atoms with van der Waals surface area (Å²) in [6.07, 6.45) is 0.157. The number of rotatable bonds is 9. The molecule has 39 heavy (non-hydrogen) atoms. The normalized spacial score (nSPS) is 11.8. The number of ether oxygens (including phenoxy) is 1. The monoisotopic (exact) mass is 574 g/mol. The van der Waals surface area contributed by atoms with Crippen molar-refractivity contribution in [2.24, 2.45) is 5.73 Å². The lowest BCUT2D eigenvalue weighted by molar-refractivity contribution is -0.119. The van der Waals surface area contributed by atoms with Gasteiger partial charge in [0.2, 0.25) is 5.91 Å². The number of alkyl halides is 2. The molecule has 1 unspecified atom stereocenters. The third kappa shape index (κ3) is 5.94. The minimum atomic E-state index is -2.78. The van der Waals surface area contributed by atoms with E-state index >= 15 is 0 Å². The van der Waals surface area contributed by atoms with Crippen molar-refractivity contribution in [2.75, 3.05) is 12.4 Å². The number of methoxy groups -OCH3 is 1. The quantitative estimate of drug-likeness (QED) is 0.294. The Morgan fingerprint density at radius 3 is 2.51 bits per heavy atom. The summed E-state index contributed by atoms with van der Waals surface area (Å²) in [5.41, 5.74) is 6.18. The van der Waals surface area contributed by atoms with Crippen molar-refractivity contribution in [3.63, 3.8) is 0 Å². The van der Waals surface area contributed by atoms with Crippen LogP contribution in [0.4, 0.5) is 14.5 Å². The second-order valence-corrected chi connectivity index (χ2v) is 9.59. The second kappa shape index (κ2) is 11.7. The maximum atomic E-state index is 13.3. The van der Waals surface area contributed by atoms with Crippen molar-refractivity contribution in [2.45, 2.75) is 25.8 Å². The predicted molar refractivity (Wildman–Crippen MR) is 142 cm³/mol. The van der Waals surface area contributed by atoms with E-state index in [0.717, 1.165) is 11.3 Å². The summed E-state index contributed by atoms with van der Waals surface area (Å²) in [7, 11) is 1.39. The van der Waals surface area contributed by atoms with Crippen LogP contribution in [-0.4, -0.2) is 38.7 Å². The zero-order valence-electron chi connectivity index (χ0n) is 20.5. The lowest BCUT2D eigenvalue weighted by atomic mass is 9.99. The molecule has 10 nitrogen and oxygen atoms in total. The Morgan fingerprint density at radius 2 is 1.92 bits per heavy atom. The first kappa shape index (κ1) is 27.8. The Bertz CT molecular complexity index is 1590. The number of aromatic nitrogens is 4. The lowest BCUT2D eigenvalue weighted by Gasteiger charge is -2.20. The maximum Gasteiger partial charge on any atom is 0.291 e. The third-order valence-corrected chi connectivity index (χ3v) is 6.90. The van der Waals surface area contributed by atoms with E-state index in [0.29, 0.717) is 27.4 Å². The van der Waals surface area contributed by atoms with Crippen molar-refractivity contribution < 1.29 is 23.1 Å². The molecular weight excluding hydrogens is 554 g/mol. The Morgan fingerprint density at radius 1 is 1.15 bits per heavy atom. The molecule has 0 fully saturated rings. The summed E-state index contributed by atoms with van der Waals surface area (Å²) < 4.78 is 33.0. The Hall–Kier alpha value is -4.23. The zero-order chi connectivity index (χ0) is 28.3. The minimum absolute atomic E-state index is 0.0379. The van der Waals surface area contributed by atoms with Gasteiger partial charge in [-0.3, -0.25) is 19.0 Å². The van der Waals surface area contributed by atoms with Crippen molar-refractivity contribution in [1.29, 1.82) is 0 Å². The summed E-state index contributed by atoms with van der Waals surface area (Å²) in [4.78, 5) is 41.5. The molecule has 1 aromatic carbocycles. The molecule has 0 aliphatic carbocycles. The number of pyridine rings is 2. The van der Waals surface area contributed by atoms with Crippen LogP contribution in [0.3, 0.4) is 0 Å². The van der Waals surface area contributed by atoms with Crippen LogP contribution in [0.15, 0.2) is 53.6 Å². The van der Waals surface area contributed by atoms with E-state index in [-0.39, 0.29) is 22.9 Å². The van der Waals surface area contributed by atoms with Crippen LogP contribution in [-0.2, 0) is 4.79 Å². The molecule has 3 N–H and O–H groups in total. The molecule has 4 rings (SSSR count). The zero-order valence-corrected chi connectivity index (χ0v) is 22.1. The summed E-state index contributed by atoms with van der Waals surface area (Å²) in [6.45, 7) is 1.73. The van der Waals surface area contributed by atoms with E-state index in [1.807, 2.05) is 0 Å². The van der Waals surface area contributed by atoms with Gasteiger partial charge in [-0.25, -0.2) is 13.8 Å². The van der Waals surface area contributed by atoms with Crippen molar-refractivity contribution in [1.82, 2.24) is 19.7 Å².